The molecule has 2 atom stereocenters. The number of likely N-dealkylation sites (N-methyl/N-ethyl adjacent to an activating group) is 1. The standard InChI is InChI=1S/C19H21NO3/c1-20-12-11-14(13-20)16-9-5-6-10-17(16)19(23,18(21)22)15-7-3-2-4-8-15/h2-10,14,23H,11-13H2,1H3,(H,21,22). The largest absolute Gasteiger partial charge is 0.479 e. The Kier molecular flexibility index (Phi) is 4.20. The molecule has 1 heterocycles. The first-order valence-electron chi connectivity index (χ1n) is 7.82. The maximum absolute atomic E-state index is 12.0. The highest BCUT2D eigenvalue weighted by Gasteiger charge is 2.42. The number of carboxylic acids is 1. The summed E-state index contributed by atoms with van der Waals surface area (Å²) >= 11 is 0. The van der Waals surface area contributed by atoms with Crippen LogP contribution < -0.4 is 0 Å². The zero-order valence-electron chi connectivity index (χ0n) is 13.1. The second-order valence-corrected chi connectivity index (χ2v) is 6.22. The molecule has 0 bridgehead atoms. The Labute approximate surface area is 136 Å². The van der Waals surface area contributed by atoms with Crippen molar-refractivity contribution in [1.82, 2.24) is 4.90 Å². The molecule has 0 amide bonds. The van der Waals surface area contributed by atoms with Crippen molar-refractivity contribution in [2.45, 2.75) is 17.9 Å². The predicted octanol–water partition coefficient (Wildman–Crippen LogP) is 2.43. The molecule has 0 saturated carbocycles. The van der Waals surface area contributed by atoms with Crippen molar-refractivity contribution in [1.29, 1.82) is 0 Å². The number of nitrogens with zero attached hydrogens (tertiary/aromatic N) is 1. The van der Waals surface area contributed by atoms with Gasteiger partial charge in [-0.25, -0.2) is 4.79 Å². The number of aliphatic carboxylic acids is 1. The second kappa shape index (κ2) is 6.14. The van der Waals surface area contributed by atoms with Crippen molar-refractivity contribution in [2.24, 2.45) is 0 Å². The lowest BCUT2D eigenvalue weighted by Crippen LogP contribution is -2.38. The fourth-order valence-corrected chi connectivity index (χ4v) is 3.44. The van der Waals surface area contributed by atoms with E-state index in [2.05, 4.69) is 11.9 Å². The Hall–Kier alpha value is -2.17. The maximum atomic E-state index is 12.0. The van der Waals surface area contributed by atoms with Gasteiger partial charge in [0, 0.05) is 12.1 Å². The molecule has 2 N–H and O–H groups in total. The number of carboxylic acid groups (broad SMARTS) is 1. The van der Waals surface area contributed by atoms with Crippen LogP contribution in [-0.2, 0) is 10.4 Å². The lowest BCUT2D eigenvalue weighted by molar-refractivity contribution is -0.155. The summed E-state index contributed by atoms with van der Waals surface area (Å²) in [6.45, 7) is 1.86. The van der Waals surface area contributed by atoms with Crippen molar-refractivity contribution >= 4 is 5.97 Å². The summed E-state index contributed by atoms with van der Waals surface area (Å²) in [5, 5.41) is 20.9. The first kappa shape index (κ1) is 15.7. The minimum atomic E-state index is -2.03. The average molecular weight is 311 g/mol. The van der Waals surface area contributed by atoms with Gasteiger partial charge in [-0.2, -0.15) is 0 Å². The second-order valence-electron chi connectivity index (χ2n) is 6.22. The Morgan fingerprint density at radius 3 is 2.39 bits per heavy atom. The highest BCUT2D eigenvalue weighted by molar-refractivity contribution is 5.84. The number of hydrogen-bond acceptors (Lipinski definition) is 3. The van der Waals surface area contributed by atoms with Crippen molar-refractivity contribution in [2.75, 3.05) is 20.1 Å². The summed E-state index contributed by atoms with van der Waals surface area (Å²) < 4.78 is 0. The van der Waals surface area contributed by atoms with Crippen LogP contribution in [0.3, 0.4) is 0 Å². The molecule has 2 unspecified atom stereocenters. The lowest BCUT2D eigenvalue weighted by atomic mass is 9.80. The molecule has 1 aliphatic rings. The zero-order valence-corrected chi connectivity index (χ0v) is 13.1. The van der Waals surface area contributed by atoms with Crippen LogP contribution in [0, 0.1) is 0 Å². The summed E-state index contributed by atoms with van der Waals surface area (Å²) in [5.41, 5.74) is -0.255. The van der Waals surface area contributed by atoms with Gasteiger partial charge in [-0.1, -0.05) is 54.6 Å². The zero-order chi connectivity index (χ0) is 16.4. The first-order chi connectivity index (χ1) is 11.0. The molecular formula is C19H21NO3. The number of hydrogen-bond donors (Lipinski definition) is 2. The number of benzene rings is 2. The van der Waals surface area contributed by atoms with Crippen LogP contribution in [0.2, 0.25) is 0 Å². The molecule has 4 heteroatoms. The third kappa shape index (κ3) is 2.76. The highest BCUT2D eigenvalue weighted by atomic mass is 16.4. The van der Waals surface area contributed by atoms with Gasteiger partial charge in [-0.3, -0.25) is 0 Å². The van der Waals surface area contributed by atoms with E-state index < -0.39 is 11.6 Å². The molecule has 2 aromatic carbocycles. The fourth-order valence-electron chi connectivity index (χ4n) is 3.44. The van der Waals surface area contributed by atoms with Crippen LogP contribution in [0.1, 0.15) is 29.0 Å². The minimum Gasteiger partial charge on any atom is -0.479 e. The molecule has 0 spiro atoms. The van der Waals surface area contributed by atoms with Gasteiger partial charge in [-0.15, -0.1) is 0 Å². The van der Waals surface area contributed by atoms with Crippen LogP contribution in [0.4, 0.5) is 0 Å². The summed E-state index contributed by atoms with van der Waals surface area (Å²) in [4.78, 5) is 14.2. The Morgan fingerprint density at radius 1 is 1.13 bits per heavy atom. The Bertz CT molecular complexity index is 701. The average Bonchev–Trinajstić information content (AvgIpc) is 3.01. The minimum absolute atomic E-state index is 0.241. The molecule has 1 aliphatic heterocycles. The molecule has 0 aliphatic carbocycles. The predicted molar refractivity (Wildman–Crippen MR) is 88.4 cm³/mol. The van der Waals surface area contributed by atoms with Crippen LogP contribution >= 0.6 is 0 Å². The molecule has 0 aromatic heterocycles. The molecule has 1 fully saturated rings. The van der Waals surface area contributed by atoms with E-state index in [4.69, 9.17) is 0 Å². The molecule has 4 nitrogen and oxygen atoms in total. The topological polar surface area (TPSA) is 60.8 Å². The Morgan fingerprint density at radius 2 is 1.78 bits per heavy atom. The van der Waals surface area contributed by atoms with Crippen LogP contribution in [-0.4, -0.2) is 41.2 Å². The van der Waals surface area contributed by atoms with Crippen molar-refractivity contribution in [3.63, 3.8) is 0 Å². The van der Waals surface area contributed by atoms with Gasteiger partial charge in [-0.05, 0) is 37.1 Å². The quantitative estimate of drug-likeness (QED) is 0.910. The van der Waals surface area contributed by atoms with Gasteiger partial charge in [0.1, 0.15) is 0 Å². The van der Waals surface area contributed by atoms with E-state index in [-0.39, 0.29) is 5.92 Å². The maximum Gasteiger partial charge on any atom is 0.345 e. The van der Waals surface area contributed by atoms with Gasteiger partial charge in [0.25, 0.3) is 0 Å². The highest BCUT2D eigenvalue weighted by Crippen LogP contribution is 2.37. The van der Waals surface area contributed by atoms with E-state index in [0.717, 1.165) is 25.1 Å². The molecular weight excluding hydrogens is 290 g/mol. The van der Waals surface area contributed by atoms with Crippen LogP contribution in [0.15, 0.2) is 54.6 Å². The van der Waals surface area contributed by atoms with Gasteiger partial charge < -0.3 is 15.1 Å². The number of rotatable bonds is 4. The third-order valence-corrected chi connectivity index (χ3v) is 4.68. The SMILES string of the molecule is CN1CCC(c2ccccc2C(O)(C(=O)O)c2ccccc2)C1. The Balaban J connectivity index is 2.13. The smallest absolute Gasteiger partial charge is 0.345 e. The first-order valence-corrected chi connectivity index (χ1v) is 7.82. The van der Waals surface area contributed by atoms with Crippen molar-refractivity contribution < 1.29 is 15.0 Å². The lowest BCUT2D eigenvalue weighted by Gasteiger charge is -2.28. The number of aliphatic hydroxyl groups is 1. The summed E-state index contributed by atoms with van der Waals surface area (Å²) in [6.07, 6.45) is 0.970. The molecule has 23 heavy (non-hydrogen) atoms. The molecule has 120 valence electrons. The van der Waals surface area contributed by atoms with E-state index >= 15 is 0 Å². The number of carbonyl (C=O) groups is 1. The number of likely N-dealkylation sites (tertiary alicyclic amines) is 1. The third-order valence-electron chi connectivity index (χ3n) is 4.68. The normalized spacial score (nSPS) is 21.0. The van der Waals surface area contributed by atoms with E-state index in [1.807, 2.05) is 18.2 Å². The molecule has 3 rings (SSSR count). The summed E-state index contributed by atoms with van der Waals surface area (Å²) in [5.74, 6) is -1.01. The van der Waals surface area contributed by atoms with E-state index in [0.29, 0.717) is 11.1 Å². The summed E-state index contributed by atoms with van der Waals surface area (Å²) in [7, 11) is 2.06. The molecule has 1 saturated heterocycles. The van der Waals surface area contributed by atoms with E-state index in [9.17, 15) is 15.0 Å². The van der Waals surface area contributed by atoms with Crippen molar-refractivity contribution in [3.8, 4) is 0 Å². The van der Waals surface area contributed by atoms with Gasteiger partial charge in [0.15, 0.2) is 0 Å². The van der Waals surface area contributed by atoms with Crippen molar-refractivity contribution in [3.05, 3.63) is 71.3 Å². The monoisotopic (exact) mass is 311 g/mol. The van der Waals surface area contributed by atoms with Gasteiger partial charge in [0.2, 0.25) is 5.60 Å². The van der Waals surface area contributed by atoms with Crippen LogP contribution in [0.5, 0.6) is 0 Å². The van der Waals surface area contributed by atoms with Crippen LogP contribution in [0.25, 0.3) is 0 Å². The molecule has 0 radical (unpaired) electrons. The summed E-state index contributed by atoms with van der Waals surface area (Å²) in [6, 6.07) is 16.0. The van der Waals surface area contributed by atoms with Gasteiger partial charge >= 0.3 is 5.97 Å². The van der Waals surface area contributed by atoms with Gasteiger partial charge in [0.05, 0.1) is 0 Å². The fraction of sp³-hybridized carbons (Fsp3) is 0.316. The van der Waals surface area contributed by atoms with E-state index in [1.54, 1.807) is 36.4 Å². The molecule has 2 aromatic rings. The van der Waals surface area contributed by atoms with E-state index in [1.165, 1.54) is 0 Å².